The van der Waals surface area contributed by atoms with Gasteiger partial charge in [-0.05, 0) is 43.7 Å². The first-order valence-electron chi connectivity index (χ1n) is 10.8. The molecule has 2 N–H and O–H groups in total. The number of rotatable bonds is 8. The molecule has 11 nitrogen and oxygen atoms in total. The van der Waals surface area contributed by atoms with Gasteiger partial charge in [-0.25, -0.2) is 4.79 Å². The molecule has 0 aromatic carbocycles. The minimum atomic E-state index is -0.899. The van der Waals surface area contributed by atoms with Crippen LogP contribution in [-0.4, -0.2) is 67.6 Å². The summed E-state index contributed by atoms with van der Waals surface area (Å²) in [6.07, 6.45) is 6.23. The lowest BCUT2D eigenvalue weighted by atomic mass is 9.77. The van der Waals surface area contributed by atoms with Crippen molar-refractivity contribution in [2.24, 2.45) is 5.92 Å². The van der Waals surface area contributed by atoms with Gasteiger partial charge in [0.2, 0.25) is 5.91 Å². The Bertz CT molecular complexity index is 1020. The van der Waals surface area contributed by atoms with Crippen molar-refractivity contribution in [1.82, 2.24) is 35.5 Å². The van der Waals surface area contributed by atoms with Crippen LogP contribution in [0.25, 0.3) is 11.4 Å². The number of hydrazine groups is 1. The molecule has 2 aliphatic rings. The average Bonchev–Trinajstić information content (AvgIpc) is 3.33. The number of hydrogen-bond donors (Lipinski definition) is 2. The molecule has 0 unspecified atom stereocenters. The lowest BCUT2D eigenvalue weighted by molar-refractivity contribution is -0.139. The van der Waals surface area contributed by atoms with E-state index in [1.807, 2.05) is 16.7 Å². The van der Waals surface area contributed by atoms with Gasteiger partial charge in [-0.3, -0.25) is 24.6 Å². The normalized spacial score (nSPS) is 22.6. The van der Waals surface area contributed by atoms with E-state index in [1.165, 1.54) is 11.8 Å². The van der Waals surface area contributed by atoms with Crippen molar-refractivity contribution < 1.29 is 19.1 Å². The Balaban J connectivity index is 1.40. The van der Waals surface area contributed by atoms with E-state index in [4.69, 9.17) is 4.74 Å². The number of thioether (sulfide) groups is 1. The summed E-state index contributed by atoms with van der Waals surface area (Å²) >= 11 is 1.17. The Kier molecular flexibility index (Phi) is 6.94. The highest BCUT2D eigenvalue weighted by molar-refractivity contribution is 7.99. The molecular formula is C21H27N7O4S. The predicted molar refractivity (Wildman–Crippen MR) is 120 cm³/mol. The van der Waals surface area contributed by atoms with Crippen molar-refractivity contribution in [3.05, 3.63) is 24.5 Å². The maximum atomic E-state index is 12.9. The molecule has 0 radical (unpaired) electrons. The quantitative estimate of drug-likeness (QED) is 0.437. The number of nitrogens with one attached hydrogen (secondary N) is 2. The molecule has 1 saturated heterocycles. The van der Waals surface area contributed by atoms with Crippen molar-refractivity contribution in [2.75, 3.05) is 19.5 Å². The van der Waals surface area contributed by atoms with Crippen LogP contribution in [0.2, 0.25) is 0 Å². The second-order valence-electron chi connectivity index (χ2n) is 8.35. The topological polar surface area (TPSA) is 131 Å². The third kappa shape index (κ3) is 4.86. The molecule has 1 spiro atoms. The fraction of sp³-hybridized carbons (Fsp3) is 0.524. The van der Waals surface area contributed by atoms with Crippen molar-refractivity contribution in [1.29, 1.82) is 0 Å². The highest BCUT2D eigenvalue weighted by atomic mass is 32.2. The third-order valence-electron chi connectivity index (χ3n) is 6.03. The molecule has 0 bridgehead atoms. The number of ether oxygens (including phenoxy) is 1. The van der Waals surface area contributed by atoms with Gasteiger partial charge < -0.3 is 10.1 Å². The third-order valence-corrected chi connectivity index (χ3v) is 7.00. The van der Waals surface area contributed by atoms with Crippen LogP contribution in [-0.2, 0) is 20.9 Å². The SMILES string of the molecule is COCCn1c(SCC(=O)NN2C(=O)NC3(CCC(C)CC3)C2=O)nnc1-c1ccncc1. The summed E-state index contributed by atoms with van der Waals surface area (Å²) in [6, 6.07) is 3.07. The van der Waals surface area contributed by atoms with Gasteiger partial charge in [0.15, 0.2) is 11.0 Å². The maximum absolute atomic E-state index is 12.9. The Morgan fingerprint density at radius 1 is 1.27 bits per heavy atom. The summed E-state index contributed by atoms with van der Waals surface area (Å²) in [5, 5.41) is 12.6. The standard InChI is InChI=1S/C21H27N7O4S/c1-14-3-7-21(8-4-14)18(30)28(19(31)23-21)26-16(29)13-33-20-25-24-17(27(20)11-12-32-2)15-5-9-22-10-6-15/h5-6,9-10,14H,3-4,7-8,11-13H2,1-2H3,(H,23,31)(H,26,29). The molecule has 1 aliphatic carbocycles. The molecule has 4 rings (SSSR count). The highest BCUT2D eigenvalue weighted by Crippen LogP contribution is 2.35. The van der Waals surface area contributed by atoms with Gasteiger partial charge in [0.1, 0.15) is 5.54 Å². The second kappa shape index (κ2) is 9.87. The molecule has 2 fully saturated rings. The minimum absolute atomic E-state index is 0.0391. The van der Waals surface area contributed by atoms with Crippen LogP contribution < -0.4 is 10.7 Å². The summed E-state index contributed by atoms with van der Waals surface area (Å²) in [6.45, 7) is 3.08. The lowest BCUT2D eigenvalue weighted by Gasteiger charge is -2.33. The van der Waals surface area contributed by atoms with Gasteiger partial charge in [0, 0.05) is 25.1 Å². The van der Waals surface area contributed by atoms with Gasteiger partial charge in [-0.1, -0.05) is 18.7 Å². The number of carbonyl (C=O) groups is 3. The van der Waals surface area contributed by atoms with Gasteiger partial charge in [-0.2, -0.15) is 5.01 Å². The molecule has 2 aromatic heterocycles. The first-order valence-corrected chi connectivity index (χ1v) is 11.8. The molecule has 0 atom stereocenters. The molecule has 3 heterocycles. The number of imide groups is 1. The number of amides is 4. The van der Waals surface area contributed by atoms with Crippen LogP contribution >= 0.6 is 11.8 Å². The van der Waals surface area contributed by atoms with Crippen molar-refractivity contribution in [2.45, 2.75) is 49.8 Å². The first-order chi connectivity index (χ1) is 15.9. The van der Waals surface area contributed by atoms with E-state index >= 15 is 0 Å². The molecule has 2 aromatic rings. The van der Waals surface area contributed by atoms with Crippen LogP contribution in [0.5, 0.6) is 0 Å². The Morgan fingerprint density at radius 2 is 2.00 bits per heavy atom. The smallest absolute Gasteiger partial charge is 0.344 e. The summed E-state index contributed by atoms with van der Waals surface area (Å²) in [7, 11) is 1.61. The van der Waals surface area contributed by atoms with Crippen molar-refractivity contribution >= 4 is 29.6 Å². The van der Waals surface area contributed by atoms with Crippen LogP contribution in [0, 0.1) is 5.92 Å². The van der Waals surface area contributed by atoms with Crippen LogP contribution in [0.15, 0.2) is 29.7 Å². The Hall–Kier alpha value is -2.99. The number of carbonyl (C=O) groups excluding carboxylic acids is 3. The molecule has 1 saturated carbocycles. The van der Waals surface area contributed by atoms with Crippen molar-refractivity contribution in [3.63, 3.8) is 0 Å². The number of aromatic nitrogens is 4. The molecule has 1 aliphatic heterocycles. The molecular weight excluding hydrogens is 446 g/mol. The fourth-order valence-electron chi connectivity index (χ4n) is 4.10. The van der Waals surface area contributed by atoms with E-state index in [9.17, 15) is 14.4 Å². The largest absolute Gasteiger partial charge is 0.383 e. The lowest BCUT2D eigenvalue weighted by Crippen LogP contribution is -2.51. The van der Waals surface area contributed by atoms with E-state index in [0.29, 0.717) is 42.9 Å². The summed E-state index contributed by atoms with van der Waals surface area (Å²) in [4.78, 5) is 41.9. The number of hydrogen-bond acceptors (Lipinski definition) is 8. The first kappa shape index (κ1) is 23.2. The fourth-order valence-corrected chi connectivity index (χ4v) is 4.85. The van der Waals surface area contributed by atoms with E-state index in [2.05, 4.69) is 32.8 Å². The van der Waals surface area contributed by atoms with Gasteiger partial charge in [0.25, 0.3) is 5.91 Å². The minimum Gasteiger partial charge on any atom is -0.383 e. The zero-order valence-corrected chi connectivity index (χ0v) is 19.4. The number of urea groups is 1. The van der Waals surface area contributed by atoms with Gasteiger partial charge in [-0.15, -0.1) is 10.2 Å². The summed E-state index contributed by atoms with van der Waals surface area (Å²) in [5.41, 5.74) is 2.40. The van der Waals surface area contributed by atoms with Crippen LogP contribution in [0.3, 0.4) is 0 Å². The van der Waals surface area contributed by atoms with E-state index in [1.54, 1.807) is 19.5 Å². The van der Waals surface area contributed by atoms with Crippen LogP contribution in [0.4, 0.5) is 4.79 Å². The van der Waals surface area contributed by atoms with Crippen LogP contribution in [0.1, 0.15) is 32.6 Å². The zero-order chi connectivity index (χ0) is 23.4. The molecule has 12 heteroatoms. The Labute approximate surface area is 195 Å². The van der Waals surface area contributed by atoms with E-state index < -0.39 is 17.5 Å². The molecule has 176 valence electrons. The monoisotopic (exact) mass is 473 g/mol. The van der Waals surface area contributed by atoms with E-state index in [-0.39, 0.29) is 11.7 Å². The highest BCUT2D eigenvalue weighted by Gasteiger charge is 2.52. The van der Waals surface area contributed by atoms with Gasteiger partial charge >= 0.3 is 6.03 Å². The Morgan fingerprint density at radius 3 is 2.70 bits per heavy atom. The maximum Gasteiger partial charge on any atom is 0.344 e. The zero-order valence-electron chi connectivity index (χ0n) is 18.6. The average molecular weight is 474 g/mol. The number of methoxy groups -OCH3 is 1. The van der Waals surface area contributed by atoms with Crippen molar-refractivity contribution in [3.8, 4) is 11.4 Å². The second-order valence-corrected chi connectivity index (χ2v) is 9.29. The number of nitrogens with zero attached hydrogens (tertiary/aromatic N) is 5. The summed E-state index contributed by atoms with van der Waals surface area (Å²) < 4.78 is 7.06. The molecule has 4 amide bonds. The van der Waals surface area contributed by atoms with Gasteiger partial charge in [0.05, 0.1) is 18.9 Å². The molecule has 33 heavy (non-hydrogen) atoms. The summed E-state index contributed by atoms with van der Waals surface area (Å²) in [5.74, 6) is 0.257. The number of pyridine rings is 1. The predicted octanol–water partition coefficient (Wildman–Crippen LogP) is 1.61. The van der Waals surface area contributed by atoms with E-state index in [0.717, 1.165) is 23.4 Å².